The minimum atomic E-state index is -1.12. The number of carbonyl (C=O) groups excluding carboxylic acids is 1. The van der Waals surface area contributed by atoms with Crippen LogP contribution >= 0.6 is 0 Å². The van der Waals surface area contributed by atoms with Gasteiger partial charge in [-0.25, -0.2) is 4.79 Å². The lowest BCUT2D eigenvalue weighted by molar-refractivity contribution is -0.385. The first kappa shape index (κ1) is 19.0. The van der Waals surface area contributed by atoms with Gasteiger partial charge in [0.2, 0.25) is 23.3 Å². The highest BCUT2D eigenvalue weighted by molar-refractivity contribution is 5.96. The minimum absolute atomic E-state index is 0.0503. The van der Waals surface area contributed by atoms with Crippen molar-refractivity contribution in [1.29, 1.82) is 0 Å². The number of nitrogens with zero attached hydrogens (tertiary/aromatic N) is 3. The lowest BCUT2D eigenvalue weighted by Gasteiger charge is -2.32. The third-order valence-corrected chi connectivity index (χ3v) is 4.89. The number of cyclic esters (lactones) is 1. The van der Waals surface area contributed by atoms with Crippen molar-refractivity contribution in [2.24, 2.45) is 0 Å². The van der Waals surface area contributed by atoms with Crippen molar-refractivity contribution in [2.45, 2.75) is 38.4 Å². The van der Waals surface area contributed by atoms with Crippen LogP contribution in [0.15, 0.2) is 40.9 Å². The molecule has 1 aromatic heterocycles. The number of nitro benzene ring substituents is 1. The number of aromatic nitrogens is 2. The number of esters is 1. The van der Waals surface area contributed by atoms with Crippen LogP contribution in [-0.4, -0.2) is 26.8 Å². The normalized spacial score (nSPS) is 16.8. The predicted molar refractivity (Wildman–Crippen MR) is 105 cm³/mol. The van der Waals surface area contributed by atoms with Crippen molar-refractivity contribution in [2.75, 3.05) is 0 Å². The Bertz CT molecular complexity index is 1210. The molecule has 3 aromatic rings. The Labute approximate surface area is 175 Å². The van der Waals surface area contributed by atoms with Crippen LogP contribution in [0.4, 0.5) is 5.69 Å². The molecule has 10 heteroatoms. The molecule has 0 radical (unpaired) electrons. The Morgan fingerprint density at radius 3 is 2.71 bits per heavy atom. The third kappa shape index (κ3) is 3.56. The van der Waals surface area contributed by atoms with Gasteiger partial charge in [0, 0.05) is 31.4 Å². The third-order valence-electron chi connectivity index (χ3n) is 4.89. The molecule has 10 nitrogen and oxygen atoms in total. The molecule has 1 saturated carbocycles. The summed E-state index contributed by atoms with van der Waals surface area (Å²) in [6.45, 7) is 3.22. The van der Waals surface area contributed by atoms with Crippen molar-refractivity contribution in [3.8, 4) is 28.6 Å². The van der Waals surface area contributed by atoms with Crippen molar-refractivity contribution in [3.63, 3.8) is 0 Å². The molecular weight excluding hydrogens is 406 g/mol. The molecule has 0 N–H and O–H groups in total. The van der Waals surface area contributed by atoms with Crippen molar-refractivity contribution in [1.82, 2.24) is 10.1 Å². The molecule has 158 valence electrons. The molecule has 2 aromatic carbocycles. The highest BCUT2D eigenvalue weighted by Crippen LogP contribution is 2.42. The molecule has 1 fully saturated rings. The van der Waals surface area contributed by atoms with Crippen LogP contribution in [0, 0.1) is 10.1 Å². The first-order chi connectivity index (χ1) is 14.8. The molecular formula is C21H17N3O7. The van der Waals surface area contributed by atoms with E-state index in [1.54, 1.807) is 32.0 Å². The first-order valence-corrected chi connectivity index (χ1v) is 9.66. The van der Waals surface area contributed by atoms with Gasteiger partial charge in [-0.1, -0.05) is 11.2 Å². The Morgan fingerprint density at radius 2 is 1.97 bits per heavy atom. The second-order valence-electron chi connectivity index (χ2n) is 7.79. The van der Waals surface area contributed by atoms with Gasteiger partial charge in [-0.2, -0.15) is 4.98 Å². The molecule has 2 heterocycles. The van der Waals surface area contributed by atoms with Gasteiger partial charge in [0.15, 0.2) is 0 Å². The standard InChI is InChI=1S/C21H17N3O7/c1-21(2)29-16-5-3-4-15(17(16)20(25)30-21)28-14-9-8-12(10-13(14)24(26)27)18-22-19(31-23-18)11-6-7-11/h3-5,8-11H,6-7H2,1-2H3. The van der Waals surface area contributed by atoms with Gasteiger partial charge in [-0.05, 0) is 37.1 Å². The van der Waals surface area contributed by atoms with Crippen molar-refractivity contribution >= 4 is 11.7 Å². The number of hydrogen-bond donors (Lipinski definition) is 0. The van der Waals surface area contributed by atoms with E-state index in [9.17, 15) is 14.9 Å². The SMILES string of the molecule is CC1(C)OC(=O)c2c(Oc3ccc(-c4noc(C5CC5)n4)cc3[N+](=O)[O-])cccc2O1. The van der Waals surface area contributed by atoms with E-state index in [1.807, 2.05) is 0 Å². The van der Waals surface area contributed by atoms with E-state index in [2.05, 4.69) is 10.1 Å². The molecule has 2 aliphatic rings. The smallest absolute Gasteiger partial charge is 0.349 e. The number of ether oxygens (including phenoxy) is 3. The maximum Gasteiger partial charge on any atom is 0.349 e. The summed E-state index contributed by atoms with van der Waals surface area (Å²) in [4.78, 5) is 27.9. The fraction of sp³-hybridized carbons (Fsp3) is 0.286. The van der Waals surface area contributed by atoms with Crippen LogP contribution in [0.1, 0.15) is 48.9 Å². The maximum atomic E-state index is 12.5. The van der Waals surface area contributed by atoms with Crippen LogP contribution < -0.4 is 9.47 Å². The van der Waals surface area contributed by atoms with Crippen LogP contribution in [0.3, 0.4) is 0 Å². The average Bonchev–Trinajstić information content (AvgIpc) is 3.44. The lowest BCUT2D eigenvalue weighted by Crippen LogP contribution is -2.38. The Morgan fingerprint density at radius 1 is 1.16 bits per heavy atom. The quantitative estimate of drug-likeness (QED) is 0.328. The number of fused-ring (bicyclic) bond motifs is 1. The highest BCUT2D eigenvalue weighted by atomic mass is 16.7. The zero-order chi connectivity index (χ0) is 21.8. The molecule has 0 spiro atoms. The summed E-state index contributed by atoms with van der Waals surface area (Å²) in [6, 6.07) is 9.08. The summed E-state index contributed by atoms with van der Waals surface area (Å²) >= 11 is 0. The van der Waals surface area contributed by atoms with E-state index in [-0.39, 0.29) is 40.2 Å². The van der Waals surface area contributed by atoms with Gasteiger partial charge in [-0.15, -0.1) is 0 Å². The number of nitro groups is 1. The second-order valence-corrected chi connectivity index (χ2v) is 7.79. The topological polar surface area (TPSA) is 127 Å². The molecule has 0 saturated heterocycles. The number of carbonyl (C=O) groups is 1. The van der Waals surface area contributed by atoms with E-state index in [0.717, 1.165) is 12.8 Å². The Balaban J connectivity index is 1.50. The summed E-state index contributed by atoms with van der Waals surface area (Å²) < 4.78 is 21.9. The maximum absolute atomic E-state index is 12.5. The van der Waals surface area contributed by atoms with E-state index < -0.39 is 16.7 Å². The van der Waals surface area contributed by atoms with Crippen LogP contribution in [0.2, 0.25) is 0 Å². The van der Waals surface area contributed by atoms with Crippen LogP contribution in [0.25, 0.3) is 11.4 Å². The van der Waals surface area contributed by atoms with E-state index >= 15 is 0 Å². The van der Waals surface area contributed by atoms with Crippen molar-refractivity contribution < 1.29 is 28.5 Å². The monoisotopic (exact) mass is 423 g/mol. The second kappa shape index (κ2) is 6.79. The fourth-order valence-electron chi connectivity index (χ4n) is 3.29. The molecule has 5 rings (SSSR count). The first-order valence-electron chi connectivity index (χ1n) is 9.66. The van der Waals surface area contributed by atoms with E-state index in [0.29, 0.717) is 11.5 Å². The van der Waals surface area contributed by atoms with Gasteiger partial charge in [0.1, 0.15) is 17.1 Å². The van der Waals surface area contributed by atoms with Gasteiger partial charge < -0.3 is 18.7 Å². The summed E-state index contributed by atoms with van der Waals surface area (Å²) in [5.41, 5.74) is 0.181. The van der Waals surface area contributed by atoms with E-state index in [4.69, 9.17) is 18.7 Å². The summed E-state index contributed by atoms with van der Waals surface area (Å²) in [6.07, 6.45) is 2.00. The zero-order valence-electron chi connectivity index (χ0n) is 16.7. The molecule has 1 aliphatic heterocycles. The zero-order valence-corrected chi connectivity index (χ0v) is 16.7. The fourth-order valence-corrected chi connectivity index (χ4v) is 3.29. The molecule has 0 bridgehead atoms. The molecule has 31 heavy (non-hydrogen) atoms. The van der Waals surface area contributed by atoms with Crippen molar-refractivity contribution in [3.05, 3.63) is 58.0 Å². The predicted octanol–water partition coefficient (Wildman–Crippen LogP) is 4.60. The Kier molecular flexibility index (Phi) is 4.17. The summed E-state index contributed by atoms with van der Waals surface area (Å²) in [5.74, 6) is -0.369. The summed E-state index contributed by atoms with van der Waals surface area (Å²) in [5, 5.41) is 15.6. The van der Waals surface area contributed by atoms with Crippen LogP contribution in [-0.2, 0) is 4.74 Å². The number of rotatable bonds is 5. The minimum Gasteiger partial charge on any atom is -0.452 e. The lowest BCUT2D eigenvalue weighted by atomic mass is 10.1. The largest absolute Gasteiger partial charge is 0.452 e. The van der Waals surface area contributed by atoms with Crippen LogP contribution in [0.5, 0.6) is 17.2 Å². The van der Waals surface area contributed by atoms with Gasteiger partial charge >= 0.3 is 11.7 Å². The number of benzene rings is 2. The van der Waals surface area contributed by atoms with Gasteiger partial charge in [0.25, 0.3) is 0 Å². The Hall–Kier alpha value is -3.95. The highest BCUT2D eigenvalue weighted by Gasteiger charge is 2.36. The van der Waals surface area contributed by atoms with Gasteiger partial charge in [-0.3, -0.25) is 10.1 Å². The number of hydrogen-bond acceptors (Lipinski definition) is 9. The van der Waals surface area contributed by atoms with Gasteiger partial charge in [0.05, 0.1) is 4.92 Å². The molecule has 0 amide bonds. The van der Waals surface area contributed by atoms with E-state index in [1.165, 1.54) is 18.2 Å². The summed E-state index contributed by atoms with van der Waals surface area (Å²) in [7, 11) is 0. The molecule has 0 atom stereocenters. The molecule has 1 aliphatic carbocycles. The molecule has 0 unspecified atom stereocenters. The average molecular weight is 423 g/mol.